The summed E-state index contributed by atoms with van der Waals surface area (Å²) in [6, 6.07) is -0.679. The molecule has 0 saturated carbocycles. The molecule has 13 rings (SSSR count). The highest BCUT2D eigenvalue weighted by Gasteiger charge is 2.52. The third kappa shape index (κ3) is 17.9. The van der Waals surface area contributed by atoms with Gasteiger partial charge in [-0.2, -0.15) is 0 Å². The van der Waals surface area contributed by atoms with E-state index in [1.807, 2.05) is 13.8 Å². The van der Waals surface area contributed by atoms with Crippen LogP contribution in [0.2, 0.25) is 10.0 Å². The quantitative estimate of drug-likeness (QED) is 0.0519. The number of aliphatic hydroxyl groups excluding tert-OH is 6. The van der Waals surface area contributed by atoms with Crippen molar-refractivity contribution in [1.29, 1.82) is 0 Å². The molecule has 7 amide bonds. The molecule has 0 radical (unpaired) electrons. The first-order valence-electron chi connectivity index (χ1n) is 33.6. The molecule has 40 heteroatoms. The van der Waals surface area contributed by atoms with Crippen LogP contribution in [0.1, 0.15) is 105 Å². The van der Waals surface area contributed by atoms with E-state index in [4.69, 9.17) is 63.1 Å². The predicted molar refractivity (Wildman–Crippen MR) is 375 cm³/mol. The Hall–Kier alpha value is -10.6. The van der Waals surface area contributed by atoms with E-state index in [0.717, 1.165) is 66.7 Å². The maximum Gasteiger partial charge on any atom is 0.432 e. The monoisotopic (exact) mass is 1560 g/mol. The minimum absolute atomic E-state index is 0.0975. The number of amides is 7. The van der Waals surface area contributed by atoms with Gasteiger partial charge in [-0.3, -0.25) is 33.6 Å². The van der Waals surface area contributed by atoms with E-state index < -0.39 is 242 Å². The van der Waals surface area contributed by atoms with Gasteiger partial charge in [-0.1, -0.05) is 60.2 Å². The number of fused-ring (bicyclic) bond motifs is 15. The number of nitrogens with zero attached hydrogens (tertiary/aromatic N) is 2. The van der Waals surface area contributed by atoms with Crippen molar-refractivity contribution < 1.29 is 123 Å². The number of phenolic OH excluding ortho intramolecular Hbond substituents is 3. The van der Waals surface area contributed by atoms with Gasteiger partial charge >= 0.3 is 11.9 Å². The molecule has 0 aliphatic carbocycles. The molecule has 0 spiro atoms. The molecule has 2 saturated heterocycles. The fraction of sp³-hybridized carbons (Fsp3) is 0.406. The van der Waals surface area contributed by atoms with Crippen molar-refractivity contribution in [3.05, 3.63) is 139 Å². The number of imidazole rings is 1. The number of ether oxygens (including phenoxy) is 6. The molecular weight excluding hydrogens is 1480 g/mol. The summed E-state index contributed by atoms with van der Waals surface area (Å²) in [5.74, 6) is -16.2. The first-order chi connectivity index (χ1) is 51.5. The summed E-state index contributed by atoms with van der Waals surface area (Å²) in [5.41, 5.74) is 8.00. The number of aromatic hydroxyl groups is 3. The number of primary amides is 1. The van der Waals surface area contributed by atoms with E-state index in [1.54, 1.807) is 0 Å². The molecule has 22 N–H and O–H groups in total. The summed E-state index contributed by atoms with van der Waals surface area (Å²) in [4.78, 5) is 132. The fourth-order valence-corrected chi connectivity index (χ4v) is 13.3. The summed E-state index contributed by atoms with van der Waals surface area (Å²) in [5, 5.41) is 140. The number of nitro groups is 1. The van der Waals surface area contributed by atoms with Gasteiger partial charge < -0.3 is 138 Å². The highest BCUT2D eigenvalue weighted by Crippen LogP contribution is 2.50. The molecule has 7 aliphatic heterocycles. The molecule has 5 aromatic carbocycles. The standard InChI is InChI=1S/C66H75Cl2N9O24.C3H3N3O2/c1-23(2)12-34(71-5)58(88)76-49-51(83)26-7-10-38(32(67)14-26)97-40-16-28-17-41(55(40)101-65-56(54(86)53(85)42(22-78)99-65)100-44-21-66(4,70)57(87)24(3)96-44)98-39-11-8-27(15-33(39)68)52(84)50-63(93)75-48(64(94)95)31-18-29(79)19-37(81)45(31)30-13-25(6-9-36(30)80)46(60(90)77-50)74-61(91)47(28)73-59(89)35(20-43(69)82)72-62(49)92;7-6(8)3-4-1-2-5-3/h6-11,13-19,23-24,34-35,42,44,46-54,56-57,65,71,78-81,83-87H,12,20-22,70H2,1-5H3,(H2,69,82)(H,72,92)(H,73,89)(H,74,91)(H,75,93)(H,76,88)(H,77,90)(H,94,95);1-2H,(H,4,5)/t24-,34+,35-,42+,44-,46+,47+,48+,49+,50-,51+,52+,53+,54-,56+,57?,65-,66-;/m0./s1. The zero-order valence-electron chi connectivity index (χ0n) is 58.2. The minimum atomic E-state index is -2.35. The molecule has 584 valence electrons. The van der Waals surface area contributed by atoms with E-state index in [9.17, 15) is 85.2 Å². The van der Waals surface area contributed by atoms with Crippen molar-refractivity contribution in [2.24, 2.45) is 17.4 Å². The highest BCUT2D eigenvalue weighted by molar-refractivity contribution is 6.32. The number of carboxylic acids is 1. The number of hydrogen-bond donors (Lipinski definition) is 20. The van der Waals surface area contributed by atoms with Crippen LogP contribution in [0, 0.1) is 16.0 Å². The number of carboxylic acid groups (broad SMARTS) is 1. The molecular formula is C69H78Cl2N12O26. The molecule has 1 unspecified atom stereocenters. The summed E-state index contributed by atoms with van der Waals surface area (Å²) in [7, 11) is 1.47. The van der Waals surface area contributed by atoms with E-state index in [0.29, 0.717) is 0 Å². The second kappa shape index (κ2) is 33.5. The van der Waals surface area contributed by atoms with Crippen LogP contribution in [0.3, 0.4) is 0 Å². The molecule has 38 nitrogen and oxygen atoms in total. The smallest absolute Gasteiger partial charge is 0.432 e. The summed E-state index contributed by atoms with van der Waals surface area (Å²) < 4.78 is 38.3. The van der Waals surface area contributed by atoms with Crippen molar-refractivity contribution in [3.63, 3.8) is 0 Å². The number of rotatable bonds is 14. The Bertz CT molecular complexity index is 4480. The van der Waals surface area contributed by atoms with Crippen LogP contribution in [0.5, 0.6) is 46.0 Å². The Balaban J connectivity index is 0.00000148. The number of carbonyl (C=O) groups excluding carboxylic acids is 7. The number of likely N-dealkylation sites (N-methyl/N-ethyl adjacent to an activating group) is 1. The number of carbonyl (C=O) groups is 8. The Morgan fingerprint density at radius 2 is 1.38 bits per heavy atom. The second-order valence-electron chi connectivity index (χ2n) is 26.9. The first kappa shape index (κ1) is 80.9. The number of benzene rings is 5. The number of aliphatic carboxylic acids is 1. The molecule has 109 heavy (non-hydrogen) atoms. The minimum Gasteiger partial charge on any atom is -0.508 e. The maximum absolute atomic E-state index is 16.0. The van der Waals surface area contributed by atoms with Crippen molar-refractivity contribution in [2.45, 2.75) is 156 Å². The number of aliphatic hydroxyl groups is 6. The number of halogens is 2. The van der Waals surface area contributed by atoms with E-state index >= 15 is 14.4 Å². The van der Waals surface area contributed by atoms with Gasteiger partial charge in [0.2, 0.25) is 53.4 Å². The van der Waals surface area contributed by atoms with Crippen molar-refractivity contribution in [1.82, 2.24) is 47.2 Å². The van der Waals surface area contributed by atoms with Gasteiger partial charge in [-0.05, 0) is 115 Å². The third-order valence-corrected chi connectivity index (χ3v) is 19.0. The lowest BCUT2D eigenvalue weighted by Gasteiger charge is -2.47. The van der Waals surface area contributed by atoms with Crippen LogP contribution >= 0.6 is 23.2 Å². The van der Waals surface area contributed by atoms with Gasteiger partial charge in [0.15, 0.2) is 29.9 Å². The number of aromatic amines is 1. The third-order valence-electron chi connectivity index (χ3n) is 18.4. The van der Waals surface area contributed by atoms with Gasteiger partial charge in [-0.15, -0.1) is 0 Å². The lowest BCUT2D eigenvalue weighted by Crippen LogP contribution is -2.64. The van der Waals surface area contributed by atoms with Crippen molar-refractivity contribution in [2.75, 3.05) is 13.7 Å². The van der Waals surface area contributed by atoms with Gasteiger partial charge in [-0.25, -0.2) is 9.78 Å². The largest absolute Gasteiger partial charge is 0.508 e. The Morgan fingerprint density at radius 1 is 0.761 bits per heavy atom. The van der Waals surface area contributed by atoms with E-state index in [-0.39, 0.29) is 52.2 Å². The van der Waals surface area contributed by atoms with Gasteiger partial charge in [0.05, 0.1) is 47.5 Å². The molecule has 8 heterocycles. The molecule has 11 bridgehead atoms. The maximum atomic E-state index is 16.0. The molecule has 6 aromatic rings. The average molecular weight is 1560 g/mol. The number of aromatic nitrogens is 2. The van der Waals surface area contributed by atoms with Crippen LogP contribution < -0.4 is 62.9 Å². The zero-order chi connectivity index (χ0) is 79.5. The Morgan fingerprint density at radius 3 is 1.94 bits per heavy atom. The SMILES string of the molecule is CN[C@H](CC(C)C)C(=O)N[C@H]1C(=O)N[C@@H](CC(N)=O)C(=O)N[C@H]2C(=O)N[C@H]3C(=O)N[C@H](C(=O)N[C@@H](C(=O)O)c4cc(O)cc(O)c4-c4cc3ccc4O)[C@H](O)c3ccc(c(Cl)c3)Oc3cc2cc(c3O[C@@H]2O[C@H](CO)[C@@H](O)[C@H](O)[C@H]2O[C@H]2C[C@](C)(N)C(O)[C@H](C)O2)Oc2ccc(cc2Cl)[C@H]1O.O=[N+]([O-])c1ncc[nH]1. The molecule has 18 atom stereocenters. The number of hydrogen-bond acceptors (Lipinski definition) is 28. The lowest BCUT2D eigenvalue weighted by molar-refractivity contribution is -0.393. The van der Waals surface area contributed by atoms with E-state index in [1.165, 1.54) is 45.4 Å². The first-order valence-corrected chi connectivity index (χ1v) is 34.3. The van der Waals surface area contributed by atoms with E-state index in [2.05, 4.69) is 47.2 Å². The van der Waals surface area contributed by atoms with Crippen LogP contribution in [0.25, 0.3) is 11.1 Å². The number of H-pyrrole nitrogens is 1. The number of nitrogens with one attached hydrogen (secondary N) is 8. The van der Waals surface area contributed by atoms with Gasteiger partial charge in [0.25, 0.3) is 0 Å². The number of nitrogens with two attached hydrogens (primary N) is 2. The second-order valence-corrected chi connectivity index (χ2v) is 27.7. The van der Waals surface area contributed by atoms with Crippen LogP contribution in [0.4, 0.5) is 5.95 Å². The van der Waals surface area contributed by atoms with Gasteiger partial charge in [0.1, 0.15) is 95.7 Å². The fourth-order valence-electron chi connectivity index (χ4n) is 12.9. The van der Waals surface area contributed by atoms with Crippen molar-refractivity contribution >= 4 is 76.5 Å². The van der Waals surface area contributed by atoms with Crippen LogP contribution in [-0.4, -0.2) is 206 Å². The predicted octanol–water partition coefficient (Wildman–Crippen LogP) is 0.424. The highest BCUT2D eigenvalue weighted by atomic mass is 35.5. The van der Waals surface area contributed by atoms with Crippen LogP contribution in [0.15, 0.2) is 91.3 Å². The molecule has 2 fully saturated rings. The molecule has 1 aromatic heterocycles. The average Bonchev–Trinajstić information content (AvgIpc) is 1.76. The zero-order valence-corrected chi connectivity index (χ0v) is 59.7. The number of phenols is 3. The summed E-state index contributed by atoms with van der Waals surface area (Å²) >= 11 is 14.1. The summed E-state index contributed by atoms with van der Waals surface area (Å²) in [6.45, 7) is 5.66. The topological polar surface area (TPSA) is 602 Å². The normalized spacial score (nSPS) is 27.9. The molecule has 7 aliphatic rings. The van der Waals surface area contributed by atoms with Crippen molar-refractivity contribution in [3.8, 4) is 57.1 Å². The lowest BCUT2D eigenvalue weighted by atomic mass is 9.86. The van der Waals surface area contributed by atoms with Gasteiger partial charge in [0, 0.05) is 34.7 Å². The van der Waals surface area contributed by atoms with Crippen LogP contribution in [-0.2, 0) is 52.6 Å². The Labute approximate surface area is 627 Å². The Kier molecular flexibility index (Phi) is 24.9. The summed E-state index contributed by atoms with van der Waals surface area (Å²) in [6.07, 6.45) is -15.8.